The number of carbonyl (C=O) groups is 2. The van der Waals surface area contributed by atoms with Gasteiger partial charge in [-0.05, 0) is 36.2 Å². The second-order valence-corrected chi connectivity index (χ2v) is 4.95. The van der Waals surface area contributed by atoms with Crippen molar-refractivity contribution < 1.29 is 14.7 Å². The zero-order chi connectivity index (χ0) is 15.2. The molecule has 1 aromatic heterocycles. The number of carboxylic acids is 1. The number of nitrogens with zero attached hydrogens (tertiary/aromatic N) is 2. The summed E-state index contributed by atoms with van der Waals surface area (Å²) in [7, 11) is 0. The number of aliphatic carboxylic acids is 1. The van der Waals surface area contributed by atoms with E-state index in [0.29, 0.717) is 5.69 Å². The molecule has 0 aliphatic rings. The Morgan fingerprint density at radius 3 is 2.57 bits per heavy atom. The molecule has 6 nitrogen and oxygen atoms in total. The zero-order valence-corrected chi connectivity index (χ0v) is 11.7. The summed E-state index contributed by atoms with van der Waals surface area (Å²) in [6.45, 7) is 1.74. The molecule has 1 atom stereocenters. The van der Waals surface area contributed by atoms with Crippen LogP contribution in [0.15, 0.2) is 42.7 Å². The van der Waals surface area contributed by atoms with E-state index in [1.165, 1.54) is 0 Å². The molecule has 1 heterocycles. The van der Waals surface area contributed by atoms with Gasteiger partial charge in [0.2, 0.25) is 5.91 Å². The van der Waals surface area contributed by atoms with Crippen LogP contribution in [-0.2, 0) is 9.59 Å². The number of carboxylic acid groups (broad SMARTS) is 1. The molecule has 6 heteroatoms. The van der Waals surface area contributed by atoms with Gasteiger partial charge in [-0.1, -0.05) is 6.92 Å². The van der Waals surface area contributed by atoms with E-state index in [-0.39, 0.29) is 24.7 Å². The predicted octanol–water partition coefficient (Wildman–Crippen LogP) is 2.31. The molecule has 2 N–H and O–H groups in total. The topological polar surface area (TPSA) is 84.2 Å². The van der Waals surface area contributed by atoms with Gasteiger partial charge in [-0.2, -0.15) is 5.10 Å². The number of rotatable bonds is 6. The van der Waals surface area contributed by atoms with Crippen LogP contribution in [0.2, 0.25) is 0 Å². The average Bonchev–Trinajstić information content (AvgIpc) is 2.92. The van der Waals surface area contributed by atoms with Crippen LogP contribution in [0.1, 0.15) is 19.8 Å². The first-order chi connectivity index (χ1) is 10.0. The number of carbonyl (C=O) groups excluding carboxylic acids is 1. The van der Waals surface area contributed by atoms with Crippen molar-refractivity contribution in [3.05, 3.63) is 42.7 Å². The van der Waals surface area contributed by atoms with Gasteiger partial charge in [0.1, 0.15) is 0 Å². The predicted molar refractivity (Wildman–Crippen MR) is 78.2 cm³/mol. The summed E-state index contributed by atoms with van der Waals surface area (Å²) in [4.78, 5) is 22.4. The van der Waals surface area contributed by atoms with Crippen LogP contribution in [-0.4, -0.2) is 26.8 Å². The molecular formula is C15H17N3O3. The second-order valence-electron chi connectivity index (χ2n) is 4.95. The van der Waals surface area contributed by atoms with Gasteiger partial charge in [-0.25, -0.2) is 4.68 Å². The number of hydrogen-bond donors (Lipinski definition) is 2. The third kappa shape index (κ3) is 4.45. The SMILES string of the molecule is CC(CC(=O)O)CC(=O)Nc1ccc(-n2cccn2)cc1. The highest BCUT2D eigenvalue weighted by atomic mass is 16.4. The van der Waals surface area contributed by atoms with E-state index < -0.39 is 5.97 Å². The molecule has 1 unspecified atom stereocenters. The molecule has 110 valence electrons. The molecule has 0 fully saturated rings. The summed E-state index contributed by atoms with van der Waals surface area (Å²) in [5, 5.41) is 15.5. The first kappa shape index (κ1) is 14.8. The first-order valence-corrected chi connectivity index (χ1v) is 6.66. The number of benzene rings is 1. The maximum absolute atomic E-state index is 11.8. The van der Waals surface area contributed by atoms with Gasteiger partial charge < -0.3 is 10.4 Å². The van der Waals surface area contributed by atoms with Crippen molar-refractivity contribution in [1.82, 2.24) is 9.78 Å². The monoisotopic (exact) mass is 287 g/mol. The molecular weight excluding hydrogens is 270 g/mol. The summed E-state index contributed by atoms with van der Waals surface area (Å²) in [5.74, 6) is -1.26. The Hall–Kier alpha value is -2.63. The standard InChI is InChI=1S/C15H17N3O3/c1-11(10-15(20)21)9-14(19)17-12-3-5-13(6-4-12)18-8-2-7-16-18/h2-8,11H,9-10H2,1H3,(H,17,19)(H,20,21). The van der Waals surface area contributed by atoms with E-state index in [4.69, 9.17) is 5.11 Å². The van der Waals surface area contributed by atoms with E-state index >= 15 is 0 Å². The van der Waals surface area contributed by atoms with E-state index in [2.05, 4.69) is 10.4 Å². The minimum absolute atomic E-state index is 0.00828. The molecule has 0 spiro atoms. The highest BCUT2D eigenvalue weighted by Crippen LogP contribution is 2.14. The molecule has 0 aliphatic carbocycles. The van der Waals surface area contributed by atoms with Gasteiger partial charge in [0.15, 0.2) is 0 Å². The molecule has 2 rings (SSSR count). The van der Waals surface area contributed by atoms with Gasteiger partial charge >= 0.3 is 5.97 Å². The second kappa shape index (κ2) is 6.69. The lowest BCUT2D eigenvalue weighted by Gasteiger charge is -2.10. The third-order valence-electron chi connectivity index (χ3n) is 2.98. The van der Waals surface area contributed by atoms with E-state index in [1.54, 1.807) is 29.9 Å². The molecule has 0 saturated heterocycles. The lowest BCUT2D eigenvalue weighted by atomic mass is 10.0. The van der Waals surface area contributed by atoms with Gasteiger partial charge in [0.25, 0.3) is 0 Å². The van der Waals surface area contributed by atoms with Crippen LogP contribution in [0.3, 0.4) is 0 Å². The van der Waals surface area contributed by atoms with Crippen LogP contribution in [0.5, 0.6) is 0 Å². The first-order valence-electron chi connectivity index (χ1n) is 6.66. The largest absolute Gasteiger partial charge is 0.481 e. The van der Waals surface area contributed by atoms with E-state index in [9.17, 15) is 9.59 Å². The fourth-order valence-corrected chi connectivity index (χ4v) is 2.02. The molecule has 1 amide bonds. The fraction of sp³-hybridized carbons (Fsp3) is 0.267. The Bertz CT molecular complexity index is 606. The number of nitrogens with one attached hydrogen (secondary N) is 1. The molecule has 21 heavy (non-hydrogen) atoms. The van der Waals surface area contributed by atoms with Gasteiger partial charge in [0, 0.05) is 30.9 Å². The van der Waals surface area contributed by atoms with Crippen molar-refractivity contribution in [3.63, 3.8) is 0 Å². The van der Waals surface area contributed by atoms with Crippen molar-refractivity contribution in [2.45, 2.75) is 19.8 Å². The molecule has 0 saturated carbocycles. The van der Waals surface area contributed by atoms with E-state index in [1.807, 2.05) is 24.4 Å². The maximum Gasteiger partial charge on any atom is 0.303 e. The maximum atomic E-state index is 11.8. The van der Waals surface area contributed by atoms with Crippen molar-refractivity contribution in [3.8, 4) is 5.69 Å². The highest BCUT2D eigenvalue weighted by Gasteiger charge is 2.12. The number of hydrogen-bond acceptors (Lipinski definition) is 3. The highest BCUT2D eigenvalue weighted by molar-refractivity contribution is 5.91. The van der Waals surface area contributed by atoms with E-state index in [0.717, 1.165) is 5.69 Å². The lowest BCUT2D eigenvalue weighted by Crippen LogP contribution is -2.16. The minimum atomic E-state index is -0.890. The lowest BCUT2D eigenvalue weighted by molar-refractivity contribution is -0.138. The van der Waals surface area contributed by atoms with Crippen LogP contribution < -0.4 is 5.32 Å². The van der Waals surface area contributed by atoms with Crippen LogP contribution in [0, 0.1) is 5.92 Å². The molecule has 1 aromatic carbocycles. The van der Waals surface area contributed by atoms with Crippen LogP contribution in [0.4, 0.5) is 5.69 Å². The summed E-state index contributed by atoms with van der Waals surface area (Å²) in [6, 6.07) is 9.11. The van der Waals surface area contributed by atoms with Gasteiger partial charge in [0.05, 0.1) is 5.69 Å². The molecule has 0 radical (unpaired) electrons. The Kier molecular flexibility index (Phi) is 4.71. The summed E-state index contributed by atoms with van der Waals surface area (Å²) >= 11 is 0. The van der Waals surface area contributed by atoms with Crippen LogP contribution in [0.25, 0.3) is 5.69 Å². The third-order valence-corrected chi connectivity index (χ3v) is 2.98. The van der Waals surface area contributed by atoms with Crippen LogP contribution >= 0.6 is 0 Å². The Balaban J connectivity index is 1.91. The number of anilines is 1. The number of aromatic nitrogens is 2. The summed E-state index contributed by atoms with van der Waals surface area (Å²) in [5.41, 5.74) is 1.58. The van der Waals surface area contributed by atoms with Crippen molar-refractivity contribution >= 4 is 17.6 Å². The van der Waals surface area contributed by atoms with Crippen molar-refractivity contribution in [2.24, 2.45) is 5.92 Å². The van der Waals surface area contributed by atoms with Gasteiger partial charge in [-0.3, -0.25) is 9.59 Å². The van der Waals surface area contributed by atoms with Crippen molar-refractivity contribution in [2.75, 3.05) is 5.32 Å². The summed E-state index contributed by atoms with van der Waals surface area (Å²) < 4.78 is 1.72. The number of amides is 1. The van der Waals surface area contributed by atoms with Gasteiger partial charge in [-0.15, -0.1) is 0 Å². The Morgan fingerprint density at radius 1 is 1.29 bits per heavy atom. The summed E-state index contributed by atoms with van der Waals surface area (Å²) in [6.07, 6.45) is 3.71. The minimum Gasteiger partial charge on any atom is -0.481 e. The average molecular weight is 287 g/mol. The fourth-order valence-electron chi connectivity index (χ4n) is 2.02. The molecule has 0 bridgehead atoms. The molecule has 0 aliphatic heterocycles. The van der Waals surface area contributed by atoms with Crippen molar-refractivity contribution in [1.29, 1.82) is 0 Å². The Morgan fingerprint density at radius 2 is 2.00 bits per heavy atom. The normalized spacial score (nSPS) is 11.9. The molecule has 2 aromatic rings. The smallest absolute Gasteiger partial charge is 0.303 e. The zero-order valence-electron chi connectivity index (χ0n) is 11.7. The Labute approximate surface area is 122 Å². The quantitative estimate of drug-likeness (QED) is 0.854.